The Labute approximate surface area is 166 Å². The maximum atomic E-state index is 12.9. The lowest BCUT2D eigenvalue weighted by molar-refractivity contribution is -0.607. The van der Waals surface area contributed by atoms with Gasteiger partial charge in [0, 0.05) is 53.7 Å². The number of aromatic nitrogens is 2. The van der Waals surface area contributed by atoms with Crippen LogP contribution in [0.3, 0.4) is 0 Å². The van der Waals surface area contributed by atoms with Gasteiger partial charge >= 0.3 is 0 Å². The highest BCUT2D eigenvalue weighted by molar-refractivity contribution is 5.94. The maximum Gasteiger partial charge on any atom is 0.269 e. The number of para-hydroxylation sites is 1. The highest BCUT2D eigenvalue weighted by Crippen LogP contribution is 2.35. The minimum absolute atomic E-state index is 0.00920. The molecular weight excluding hydrogens is 370 g/mol. The van der Waals surface area contributed by atoms with Crippen LogP contribution in [0.4, 0.5) is 5.69 Å². The summed E-state index contributed by atoms with van der Waals surface area (Å²) in [5.74, 6) is -0.777. The number of non-ortho nitro benzene ring substituents is 1. The number of nitro groups is 1. The molecule has 0 aliphatic heterocycles. The zero-order valence-corrected chi connectivity index (χ0v) is 15.3. The van der Waals surface area contributed by atoms with Crippen LogP contribution in [0, 0.1) is 15.3 Å². The Kier molecular flexibility index (Phi) is 4.78. The van der Waals surface area contributed by atoms with E-state index < -0.39 is 10.8 Å². The van der Waals surface area contributed by atoms with E-state index in [9.17, 15) is 20.1 Å². The van der Waals surface area contributed by atoms with Crippen LogP contribution in [0.5, 0.6) is 0 Å². The van der Waals surface area contributed by atoms with Crippen molar-refractivity contribution in [1.29, 1.82) is 0 Å². The van der Waals surface area contributed by atoms with Crippen LogP contribution in [-0.4, -0.2) is 15.7 Å². The van der Waals surface area contributed by atoms with Crippen molar-refractivity contribution in [3.8, 4) is 0 Å². The fourth-order valence-electron chi connectivity index (χ4n) is 3.58. The van der Waals surface area contributed by atoms with Crippen LogP contribution >= 0.6 is 0 Å². The molecule has 0 bridgehead atoms. The van der Waals surface area contributed by atoms with E-state index in [0.29, 0.717) is 10.3 Å². The van der Waals surface area contributed by atoms with Crippen LogP contribution in [0.1, 0.15) is 34.0 Å². The fourth-order valence-corrected chi connectivity index (χ4v) is 3.58. The summed E-state index contributed by atoms with van der Waals surface area (Å²) in [6.45, 7) is 0. The number of nitrogens with zero attached hydrogens (tertiary/aromatic N) is 2. The van der Waals surface area contributed by atoms with E-state index in [1.807, 2.05) is 30.5 Å². The monoisotopic (exact) mass is 387 g/mol. The molecule has 0 saturated carbocycles. The molecule has 0 aliphatic carbocycles. The van der Waals surface area contributed by atoms with E-state index in [4.69, 9.17) is 0 Å². The molecule has 29 heavy (non-hydrogen) atoms. The fraction of sp³-hybridized carbons (Fsp3) is 0.0909. The van der Waals surface area contributed by atoms with Gasteiger partial charge in [-0.1, -0.05) is 30.3 Å². The maximum absolute atomic E-state index is 12.9. The molecule has 0 amide bonds. The van der Waals surface area contributed by atoms with Crippen molar-refractivity contribution in [2.75, 3.05) is 0 Å². The van der Waals surface area contributed by atoms with Gasteiger partial charge in [-0.2, -0.15) is 4.73 Å². The minimum atomic E-state index is -0.458. The van der Waals surface area contributed by atoms with Crippen LogP contribution in [0.2, 0.25) is 0 Å². The average molecular weight is 387 g/mol. The summed E-state index contributed by atoms with van der Waals surface area (Å²) in [4.78, 5) is 26.9. The van der Waals surface area contributed by atoms with Crippen LogP contribution in [-0.2, 0) is 0 Å². The van der Waals surface area contributed by atoms with E-state index >= 15 is 0 Å². The number of pyridine rings is 1. The molecule has 4 rings (SSSR count). The number of hydrogen-bond acceptors (Lipinski definition) is 4. The normalized spacial score (nSPS) is 12.0. The second-order valence-electron chi connectivity index (χ2n) is 6.73. The molecule has 0 fully saturated rings. The summed E-state index contributed by atoms with van der Waals surface area (Å²) in [5.41, 5.74) is 2.40. The Morgan fingerprint density at radius 3 is 2.66 bits per heavy atom. The molecule has 1 N–H and O–H groups in total. The summed E-state index contributed by atoms with van der Waals surface area (Å²) in [7, 11) is 0. The van der Waals surface area contributed by atoms with Gasteiger partial charge in [0.15, 0.2) is 6.20 Å². The molecule has 0 saturated heterocycles. The van der Waals surface area contributed by atoms with Crippen molar-refractivity contribution in [3.05, 3.63) is 111 Å². The molecule has 1 atom stereocenters. The number of aromatic amines is 1. The second kappa shape index (κ2) is 7.55. The van der Waals surface area contributed by atoms with Gasteiger partial charge in [-0.25, -0.2) is 0 Å². The number of H-pyrrole nitrogens is 1. The number of nitrogens with one attached hydrogen (secondary N) is 1. The lowest BCUT2D eigenvalue weighted by atomic mass is 9.86. The number of benzene rings is 2. The van der Waals surface area contributed by atoms with Gasteiger partial charge in [0.05, 0.1) is 4.92 Å². The summed E-state index contributed by atoms with van der Waals surface area (Å²) >= 11 is 0. The first-order valence-corrected chi connectivity index (χ1v) is 9.06. The zero-order chi connectivity index (χ0) is 20.4. The largest absolute Gasteiger partial charge is 0.618 e. The lowest BCUT2D eigenvalue weighted by Crippen LogP contribution is -2.34. The molecule has 0 unspecified atom stereocenters. The average Bonchev–Trinajstić information content (AvgIpc) is 3.16. The first kappa shape index (κ1) is 18.4. The van der Waals surface area contributed by atoms with Crippen molar-refractivity contribution in [2.24, 2.45) is 0 Å². The van der Waals surface area contributed by atoms with Crippen molar-refractivity contribution >= 4 is 22.4 Å². The topological polar surface area (TPSA) is 103 Å². The molecule has 0 spiro atoms. The highest BCUT2D eigenvalue weighted by Gasteiger charge is 2.26. The quantitative estimate of drug-likeness (QED) is 0.177. The first-order valence-electron chi connectivity index (χ1n) is 9.06. The first-order chi connectivity index (χ1) is 14.0. The second-order valence-corrected chi connectivity index (χ2v) is 6.73. The molecule has 7 nitrogen and oxygen atoms in total. The van der Waals surface area contributed by atoms with E-state index in [1.54, 1.807) is 24.3 Å². The summed E-state index contributed by atoms with van der Waals surface area (Å²) in [6, 6.07) is 18.6. The molecule has 0 aliphatic rings. The smallest absolute Gasteiger partial charge is 0.269 e. The third-order valence-electron chi connectivity index (χ3n) is 4.98. The Balaban J connectivity index is 1.81. The minimum Gasteiger partial charge on any atom is -0.618 e. The predicted molar refractivity (Wildman–Crippen MR) is 108 cm³/mol. The van der Waals surface area contributed by atoms with Crippen molar-refractivity contribution in [3.63, 3.8) is 0 Å². The molecule has 2 aromatic carbocycles. The number of rotatable bonds is 6. The van der Waals surface area contributed by atoms with Crippen molar-refractivity contribution in [2.45, 2.75) is 12.3 Å². The van der Waals surface area contributed by atoms with Crippen LogP contribution in [0.25, 0.3) is 10.9 Å². The molecule has 144 valence electrons. The highest BCUT2D eigenvalue weighted by atomic mass is 16.6. The summed E-state index contributed by atoms with van der Waals surface area (Å²) < 4.78 is 0.544. The molecule has 0 radical (unpaired) electrons. The third-order valence-corrected chi connectivity index (χ3v) is 4.98. The van der Waals surface area contributed by atoms with Gasteiger partial charge in [0.1, 0.15) is 0 Å². The van der Waals surface area contributed by atoms with Crippen molar-refractivity contribution in [1.82, 2.24) is 4.98 Å². The Bertz CT molecular complexity index is 1220. The Morgan fingerprint density at radius 2 is 1.86 bits per heavy atom. The van der Waals surface area contributed by atoms with Gasteiger partial charge in [-0.15, -0.1) is 0 Å². The molecule has 2 aromatic heterocycles. The molecule has 7 heteroatoms. The number of ketones is 1. The summed E-state index contributed by atoms with van der Waals surface area (Å²) in [6.07, 6.45) is 3.11. The summed E-state index contributed by atoms with van der Waals surface area (Å²) in [5, 5.41) is 24.2. The standard InChI is InChI=1S/C22H17N3O4/c26-22(21-10-3-4-11-24(21)27)13-18(15-6-5-7-16(12-15)25(28)29)19-14-23-20-9-2-1-8-17(19)20/h1-12,14,18,23H,13H2/t18-/m0/s1. The third kappa shape index (κ3) is 3.58. The van der Waals surface area contributed by atoms with Gasteiger partial charge in [-0.3, -0.25) is 14.9 Å². The van der Waals surface area contributed by atoms with Gasteiger partial charge < -0.3 is 10.2 Å². The number of Topliss-reactive ketones (excluding diaryl/α,β-unsaturated/α-hetero) is 1. The van der Waals surface area contributed by atoms with Gasteiger partial charge in [0.25, 0.3) is 11.4 Å². The van der Waals surface area contributed by atoms with E-state index in [1.165, 1.54) is 24.4 Å². The van der Waals surface area contributed by atoms with Crippen LogP contribution in [0.15, 0.2) is 79.1 Å². The SMILES string of the molecule is O=C(C[C@@H](c1cccc([N+](=O)[O-])c1)c1c[nH]c2ccccc12)c1cccc[n+]1[O-]. The number of nitro benzene ring substituents is 1. The van der Waals surface area contributed by atoms with Gasteiger partial charge in [0.2, 0.25) is 5.78 Å². The number of carbonyl (C=O) groups excluding carboxylic acids is 1. The van der Waals surface area contributed by atoms with Crippen molar-refractivity contribution < 1.29 is 14.4 Å². The van der Waals surface area contributed by atoms with Gasteiger partial charge in [-0.05, 0) is 23.3 Å². The molecular formula is C22H17N3O4. The molecule has 4 aromatic rings. The number of fused-ring (bicyclic) bond motifs is 1. The van der Waals surface area contributed by atoms with E-state index in [-0.39, 0.29) is 23.6 Å². The number of carbonyl (C=O) groups is 1. The van der Waals surface area contributed by atoms with E-state index in [0.717, 1.165) is 16.5 Å². The Hall–Kier alpha value is -4.00. The lowest BCUT2D eigenvalue weighted by Gasteiger charge is -2.16. The van der Waals surface area contributed by atoms with E-state index in [2.05, 4.69) is 4.98 Å². The molecule has 2 heterocycles. The zero-order valence-electron chi connectivity index (χ0n) is 15.3. The Morgan fingerprint density at radius 1 is 1.07 bits per heavy atom. The van der Waals surface area contributed by atoms with Crippen LogP contribution < -0.4 is 4.73 Å². The number of hydrogen-bond donors (Lipinski definition) is 1. The predicted octanol–water partition coefficient (Wildman–Crippen LogP) is 4.11.